The van der Waals surface area contributed by atoms with Crippen molar-refractivity contribution in [1.82, 2.24) is 4.90 Å². The lowest BCUT2D eigenvalue weighted by atomic mass is 10.1. The SMILES string of the molecule is O=C(CNc1ccc(C(=O)N2CCCCC2)cc1)Nc1cccc(OCc2ccccc2)c1. The molecule has 1 aliphatic heterocycles. The maximum atomic E-state index is 12.6. The Bertz CT molecular complexity index is 1060. The smallest absolute Gasteiger partial charge is 0.253 e. The minimum absolute atomic E-state index is 0.0772. The van der Waals surface area contributed by atoms with E-state index in [2.05, 4.69) is 10.6 Å². The van der Waals surface area contributed by atoms with Crippen molar-refractivity contribution < 1.29 is 14.3 Å². The van der Waals surface area contributed by atoms with Gasteiger partial charge in [0.05, 0.1) is 6.54 Å². The van der Waals surface area contributed by atoms with Crippen LogP contribution in [0.1, 0.15) is 35.2 Å². The van der Waals surface area contributed by atoms with E-state index in [1.165, 1.54) is 6.42 Å². The second-order valence-electron chi connectivity index (χ2n) is 8.13. The highest BCUT2D eigenvalue weighted by molar-refractivity contribution is 5.95. The second kappa shape index (κ2) is 11.2. The van der Waals surface area contributed by atoms with Gasteiger partial charge in [0.2, 0.25) is 5.91 Å². The van der Waals surface area contributed by atoms with Crippen molar-refractivity contribution >= 4 is 23.2 Å². The number of hydrogen-bond donors (Lipinski definition) is 2. The highest BCUT2D eigenvalue weighted by atomic mass is 16.5. The van der Waals surface area contributed by atoms with E-state index in [9.17, 15) is 9.59 Å². The van der Waals surface area contributed by atoms with E-state index in [1.807, 2.05) is 83.8 Å². The van der Waals surface area contributed by atoms with Crippen LogP contribution in [0.3, 0.4) is 0 Å². The Morgan fingerprint density at radius 1 is 0.818 bits per heavy atom. The monoisotopic (exact) mass is 443 g/mol. The van der Waals surface area contributed by atoms with E-state index in [0.717, 1.165) is 37.2 Å². The number of nitrogens with one attached hydrogen (secondary N) is 2. The topological polar surface area (TPSA) is 70.7 Å². The molecule has 3 aromatic rings. The lowest BCUT2D eigenvalue weighted by Crippen LogP contribution is -2.35. The molecule has 0 unspecified atom stereocenters. The molecular weight excluding hydrogens is 414 g/mol. The largest absolute Gasteiger partial charge is 0.489 e. The van der Waals surface area contributed by atoms with Crippen LogP contribution in [0.25, 0.3) is 0 Å². The molecule has 1 heterocycles. The number of amides is 2. The Hall–Kier alpha value is -3.80. The van der Waals surface area contributed by atoms with Crippen LogP contribution >= 0.6 is 0 Å². The van der Waals surface area contributed by atoms with Gasteiger partial charge < -0.3 is 20.3 Å². The van der Waals surface area contributed by atoms with Crippen molar-refractivity contribution in [3.8, 4) is 5.75 Å². The molecule has 0 aliphatic carbocycles. The summed E-state index contributed by atoms with van der Waals surface area (Å²) >= 11 is 0. The average molecular weight is 444 g/mol. The summed E-state index contributed by atoms with van der Waals surface area (Å²) in [5.41, 5.74) is 3.23. The average Bonchev–Trinajstić information content (AvgIpc) is 2.87. The van der Waals surface area contributed by atoms with Gasteiger partial charge >= 0.3 is 0 Å². The first-order valence-electron chi connectivity index (χ1n) is 11.4. The van der Waals surface area contributed by atoms with Crippen molar-refractivity contribution in [3.05, 3.63) is 90.0 Å². The van der Waals surface area contributed by atoms with Crippen molar-refractivity contribution in [2.45, 2.75) is 25.9 Å². The van der Waals surface area contributed by atoms with Gasteiger partial charge in [-0.1, -0.05) is 36.4 Å². The molecule has 33 heavy (non-hydrogen) atoms. The van der Waals surface area contributed by atoms with Crippen molar-refractivity contribution in [3.63, 3.8) is 0 Å². The molecule has 2 N–H and O–H groups in total. The summed E-state index contributed by atoms with van der Waals surface area (Å²) in [4.78, 5) is 26.9. The van der Waals surface area contributed by atoms with Crippen LogP contribution in [0.15, 0.2) is 78.9 Å². The molecule has 0 bridgehead atoms. The molecule has 0 atom stereocenters. The number of piperidine rings is 1. The molecule has 0 aromatic heterocycles. The van der Waals surface area contributed by atoms with E-state index in [4.69, 9.17) is 4.74 Å². The van der Waals surface area contributed by atoms with E-state index >= 15 is 0 Å². The summed E-state index contributed by atoms with van der Waals surface area (Å²) in [6.07, 6.45) is 3.34. The summed E-state index contributed by atoms with van der Waals surface area (Å²) in [5, 5.41) is 5.98. The number of likely N-dealkylation sites (tertiary alicyclic amines) is 1. The first kappa shape index (κ1) is 22.4. The van der Waals surface area contributed by atoms with Crippen LogP contribution in [-0.4, -0.2) is 36.3 Å². The fourth-order valence-corrected chi connectivity index (χ4v) is 3.80. The zero-order valence-electron chi connectivity index (χ0n) is 18.6. The molecule has 3 aromatic carbocycles. The number of ether oxygens (including phenoxy) is 1. The van der Waals surface area contributed by atoms with Gasteiger partial charge in [0.25, 0.3) is 5.91 Å². The van der Waals surface area contributed by atoms with Crippen LogP contribution in [-0.2, 0) is 11.4 Å². The summed E-state index contributed by atoms with van der Waals surface area (Å²) in [6, 6.07) is 24.6. The van der Waals surface area contributed by atoms with Crippen LogP contribution in [0.4, 0.5) is 11.4 Å². The fourth-order valence-electron chi connectivity index (χ4n) is 3.80. The van der Waals surface area contributed by atoms with Gasteiger partial charge in [0.15, 0.2) is 0 Å². The molecule has 4 rings (SSSR count). The predicted molar refractivity (Wildman–Crippen MR) is 131 cm³/mol. The number of hydrogen-bond acceptors (Lipinski definition) is 4. The van der Waals surface area contributed by atoms with E-state index in [0.29, 0.717) is 23.6 Å². The number of carbonyl (C=O) groups excluding carboxylic acids is 2. The zero-order valence-corrected chi connectivity index (χ0v) is 18.6. The summed E-state index contributed by atoms with van der Waals surface area (Å²) in [7, 11) is 0. The zero-order chi connectivity index (χ0) is 22.9. The minimum Gasteiger partial charge on any atom is -0.489 e. The maximum Gasteiger partial charge on any atom is 0.253 e. The van der Waals surface area contributed by atoms with Crippen LogP contribution in [0.5, 0.6) is 5.75 Å². The van der Waals surface area contributed by atoms with E-state index < -0.39 is 0 Å². The number of anilines is 2. The quantitative estimate of drug-likeness (QED) is 0.517. The summed E-state index contributed by atoms with van der Waals surface area (Å²) in [6.45, 7) is 2.25. The Morgan fingerprint density at radius 3 is 2.33 bits per heavy atom. The molecular formula is C27H29N3O3. The van der Waals surface area contributed by atoms with Gasteiger partial charge in [0, 0.05) is 36.1 Å². The van der Waals surface area contributed by atoms with Gasteiger partial charge in [0.1, 0.15) is 12.4 Å². The molecule has 2 amide bonds. The third kappa shape index (κ3) is 6.59. The van der Waals surface area contributed by atoms with Crippen LogP contribution < -0.4 is 15.4 Å². The minimum atomic E-state index is -0.163. The highest BCUT2D eigenvalue weighted by Gasteiger charge is 2.17. The van der Waals surface area contributed by atoms with Crippen molar-refractivity contribution in [2.24, 2.45) is 0 Å². The second-order valence-corrected chi connectivity index (χ2v) is 8.13. The molecule has 1 fully saturated rings. The molecule has 0 spiro atoms. The molecule has 1 saturated heterocycles. The fraction of sp³-hybridized carbons (Fsp3) is 0.259. The third-order valence-corrected chi connectivity index (χ3v) is 5.59. The summed E-state index contributed by atoms with van der Waals surface area (Å²) in [5.74, 6) is 0.607. The Balaban J connectivity index is 1.25. The normalized spacial score (nSPS) is 13.3. The number of benzene rings is 3. The van der Waals surface area contributed by atoms with E-state index in [-0.39, 0.29) is 18.4 Å². The van der Waals surface area contributed by atoms with Gasteiger partial charge in [-0.05, 0) is 61.2 Å². The Kier molecular flexibility index (Phi) is 7.59. The lowest BCUT2D eigenvalue weighted by molar-refractivity contribution is -0.114. The van der Waals surface area contributed by atoms with Crippen molar-refractivity contribution in [2.75, 3.05) is 30.3 Å². The molecule has 170 valence electrons. The molecule has 0 saturated carbocycles. The van der Waals surface area contributed by atoms with Crippen LogP contribution in [0.2, 0.25) is 0 Å². The molecule has 6 heteroatoms. The van der Waals surface area contributed by atoms with Crippen molar-refractivity contribution in [1.29, 1.82) is 0 Å². The first-order valence-corrected chi connectivity index (χ1v) is 11.4. The van der Waals surface area contributed by atoms with Crippen LogP contribution in [0, 0.1) is 0 Å². The first-order chi connectivity index (χ1) is 16.2. The highest BCUT2D eigenvalue weighted by Crippen LogP contribution is 2.19. The van der Waals surface area contributed by atoms with Gasteiger partial charge in [-0.15, -0.1) is 0 Å². The number of nitrogens with zero attached hydrogens (tertiary/aromatic N) is 1. The van der Waals surface area contributed by atoms with E-state index in [1.54, 1.807) is 0 Å². The van der Waals surface area contributed by atoms with Gasteiger partial charge in [-0.2, -0.15) is 0 Å². The molecule has 1 aliphatic rings. The standard InChI is InChI=1S/C27H29N3O3/c31-26(29-24-10-7-11-25(18-24)33-20-21-8-3-1-4-9-21)19-28-23-14-12-22(13-15-23)27(32)30-16-5-2-6-17-30/h1,3-4,7-15,18,28H,2,5-6,16-17,19-20H2,(H,29,31). The Morgan fingerprint density at radius 2 is 1.58 bits per heavy atom. The Labute approximate surface area is 194 Å². The van der Waals surface area contributed by atoms with Gasteiger partial charge in [-0.3, -0.25) is 9.59 Å². The lowest BCUT2D eigenvalue weighted by Gasteiger charge is -2.26. The number of carbonyl (C=O) groups is 2. The maximum absolute atomic E-state index is 12.6. The predicted octanol–water partition coefficient (Wildman–Crippen LogP) is 4.94. The molecule has 0 radical (unpaired) electrons. The molecule has 6 nitrogen and oxygen atoms in total. The third-order valence-electron chi connectivity index (χ3n) is 5.59. The number of rotatable bonds is 8. The summed E-state index contributed by atoms with van der Waals surface area (Å²) < 4.78 is 5.82. The van der Waals surface area contributed by atoms with Gasteiger partial charge in [-0.25, -0.2) is 0 Å².